The second kappa shape index (κ2) is 5.69. The van der Waals surface area contributed by atoms with Gasteiger partial charge >= 0.3 is 0 Å². The molecule has 2 aromatic carbocycles. The van der Waals surface area contributed by atoms with Gasteiger partial charge in [0.25, 0.3) is 0 Å². The molecule has 0 unspecified atom stereocenters. The zero-order valence-corrected chi connectivity index (χ0v) is 10.2. The molecule has 0 fully saturated rings. The van der Waals surface area contributed by atoms with Gasteiger partial charge in [-0.05, 0) is 23.3 Å². The first-order valence-corrected chi connectivity index (χ1v) is 6.06. The zero-order valence-electron chi connectivity index (χ0n) is 9.31. The van der Waals surface area contributed by atoms with Crippen LogP contribution in [0, 0.1) is 5.82 Å². The van der Waals surface area contributed by atoms with E-state index in [-0.39, 0.29) is 5.82 Å². The van der Waals surface area contributed by atoms with E-state index < -0.39 is 0 Å². The fraction of sp³-hybridized carbons (Fsp3) is 0.0667. The summed E-state index contributed by atoms with van der Waals surface area (Å²) in [5, 5.41) is 0. The van der Waals surface area contributed by atoms with Crippen molar-refractivity contribution < 1.29 is 4.39 Å². The minimum absolute atomic E-state index is 0.206. The van der Waals surface area contributed by atoms with Crippen LogP contribution in [-0.2, 0) is 0 Å². The highest BCUT2D eigenvalue weighted by Gasteiger charge is 2.02. The lowest BCUT2D eigenvalue weighted by atomic mass is 10.0. The fourth-order valence-electron chi connectivity index (χ4n) is 1.65. The molecule has 0 aromatic heterocycles. The van der Waals surface area contributed by atoms with E-state index >= 15 is 0 Å². The van der Waals surface area contributed by atoms with Crippen LogP contribution in [0.4, 0.5) is 4.39 Å². The van der Waals surface area contributed by atoms with Gasteiger partial charge in [-0.3, -0.25) is 0 Å². The third-order valence-electron chi connectivity index (χ3n) is 2.55. The Kier molecular flexibility index (Phi) is 3.99. The lowest BCUT2D eigenvalue weighted by molar-refractivity contribution is 0.625. The molecule has 0 heterocycles. The van der Waals surface area contributed by atoms with Crippen LogP contribution in [0.15, 0.2) is 54.6 Å². The van der Waals surface area contributed by atoms with E-state index in [1.807, 2.05) is 42.5 Å². The molecule has 0 aliphatic carbocycles. The van der Waals surface area contributed by atoms with E-state index in [9.17, 15) is 4.39 Å². The number of thiol groups is 1. The highest BCUT2D eigenvalue weighted by Crippen LogP contribution is 2.20. The predicted molar refractivity (Wildman–Crippen MR) is 74.6 cm³/mol. The Morgan fingerprint density at radius 2 is 1.65 bits per heavy atom. The molecule has 0 radical (unpaired) electrons. The molecular formula is C15H13FS. The van der Waals surface area contributed by atoms with Crippen LogP contribution in [-0.4, -0.2) is 5.75 Å². The second-order valence-electron chi connectivity index (χ2n) is 3.72. The summed E-state index contributed by atoms with van der Waals surface area (Å²) in [5.41, 5.74) is 2.69. The second-order valence-corrected chi connectivity index (χ2v) is 4.03. The summed E-state index contributed by atoms with van der Waals surface area (Å²) in [5.74, 6) is 0.376. The number of halogens is 1. The van der Waals surface area contributed by atoms with E-state index in [0.29, 0.717) is 11.3 Å². The molecule has 86 valence electrons. The van der Waals surface area contributed by atoms with Crippen molar-refractivity contribution >= 4 is 24.3 Å². The van der Waals surface area contributed by atoms with Crippen molar-refractivity contribution in [3.63, 3.8) is 0 Å². The first-order valence-electron chi connectivity index (χ1n) is 5.42. The minimum atomic E-state index is -0.206. The lowest BCUT2D eigenvalue weighted by Crippen LogP contribution is -1.88. The topological polar surface area (TPSA) is 0 Å². The smallest absolute Gasteiger partial charge is 0.130 e. The van der Waals surface area contributed by atoms with Gasteiger partial charge in [0.15, 0.2) is 0 Å². The minimum Gasteiger partial charge on any atom is -0.206 e. The van der Waals surface area contributed by atoms with Gasteiger partial charge in [-0.2, -0.15) is 12.6 Å². The number of benzene rings is 2. The number of hydrogen-bond donors (Lipinski definition) is 1. The quantitative estimate of drug-likeness (QED) is 0.604. The van der Waals surface area contributed by atoms with Crippen LogP contribution in [0.5, 0.6) is 0 Å². The lowest BCUT2D eigenvalue weighted by Gasteiger charge is -2.05. The van der Waals surface area contributed by atoms with E-state index in [2.05, 4.69) is 12.6 Å². The molecule has 0 amide bonds. The molecule has 0 aliphatic heterocycles. The van der Waals surface area contributed by atoms with Crippen LogP contribution < -0.4 is 0 Å². The van der Waals surface area contributed by atoms with E-state index in [4.69, 9.17) is 0 Å². The summed E-state index contributed by atoms with van der Waals surface area (Å²) >= 11 is 4.30. The monoisotopic (exact) mass is 244 g/mol. The molecule has 0 N–H and O–H groups in total. The van der Waals surface area contributed by atoms with E-state index in [1.165, 1.54) is 6.07 Å². The highest BCUT2D eigenvalue weighted by molar-refractivity contribution is 7.80. The third-order valence-corrected chi connectivity index (χ3v) is 2.89. The van der Waals surface area contributed by atoms with Crippen LogP contribution in [0.1, 0.15) is 11.1 Å². The van der Waals surface area contributed by atoms with Crippen LogP contribution >= 0.6 is 12.6 Å². The Labute approximate surface area is 106 Å². The van der Waals surface area contributed by atoms with Gasteiger partial charge in [0.05, 0.1) is 0 Å². The molecule has 0 nitrogen and oxygen atoms in total. The van der Waals surface area contributed by atoms with Gasteiger partial charge in [0, 0.05) is 11.3 Å². The molecule has 17 heavy (non-hydrogen) atoms. The van der Waals surface area contributed by atoms with Crippen molar-refractivity contribution in [3.8, 4) is 0 Å². The highest BCUT2D eigenvalue weighted by atomic mass is 32.1. The van der Waals surface area contributed by atoms with Crippen LogP contribution in [0.25, 0.3) is 11.6 Å². The van der Waals surface area contributed by atoms with Crippen molar-refractivity contribution in [2.75, 3.05) is 5.75 Å². The van der Waals surface area contributed by atoms with Gasteiger partial charge in [-0.1, -0.05) is 48.5 Å². The Morgan fingerprint density at radius 3 is 2.29 bits per heavy atom. The van der Waals surface area contributed by atoms with E-state index in [0.717, 1.165) is 11.1 Å². The molecule has 2 rings (SSSR count). The molecule has 0 bridgehead atoms. The molecule has 0 saturated heterocycles. The molecule has 0 aliphatic rings. The Hall–Kier alpha value is -1.54. The average molecular weight is 244 g/mol. The first-order chi connectivity index (χ1) is 8.31. The van der Waals surface area contributed by atoms with Crippen molar-refractivity contribution in [1.29, 1.82) is 0 Å². The largest absolute Gasteiger partial charge is 0.206 e. The van der Waals surface area contributed by atoms with Gasteiger partial charge in [0.1, 0.15) is 5.82 Å². The first kappa shape index (κ1) is 11.9. The van der Waals surface area contributed by atoms with Crippen molar-refractivity contribution in [1.82, 2.24) is 0 Å². The Bertz CT molecular complexity index is 517. The van der Waals surface area contributed by atoms with Gasteiger partial charge < -0.3 is 0 Å². The van der Waals surface area contributed by atoms with E-state index in [1.54, 1.807) is 12.1 Å². The molecule has 2 heteroatoms. The van der Waals surface area contributed by atoms with Gasteiger partial charge in [0.2, 0.25) is 0 Å². The van der Waals surface area contributed by atoms with Crippen LogP contribution in [0.3, 0.4) is 0 Å². The summed E-state index contributed by atoms with van der Waals surface area (Å²) < 4.78 is 13.5. The molecule has 0 spiro atoms. The molecule has 0 atom stereocenters. The summed E-state index contributed by atoms with van der Waals surface area (Å²) in [4.78, 5) is 0. The maximum Gasteiger partial charge on any atom is 0.130 e. The summed E-state index contributed by atoms with van der Waals surface area (Å²) in [6.07, 6.45) is 1.84. The van der Waals surface area contributed by atoms with Crippen LogP contribution in [0.2, 0.25) is 0 Å². The summed E-state index contributed by atoms with van der Waals surface area (Å²) in [6, 6.07) is 16.6. The predicted octanol–water partition coefficient (Wildman–Crippen LogP) is 4.30. The Morgan fingerprint density at radius 1 is 1.00 bits per heavy atom. The molecule has 0 saturated carbocycles. The average Bonchev–Trinajstić information content (AvgIpc) is 2.39. The SMILES string of the molecule is Fc1ccccc1C=C(CS)c1ccccc1. The van der Waals surface area contributed by atoms with Crippen molar-refractivity contribution in [2.24, 2.45) is 0 Å². The van der Waals surface area contributed by atoms with Gasteiger partial charge in [-0.25, -0.2) is 4.39 Å². The van der Waals surface area contributed by atoms with Gasteiger partial charge in [-0.15, -0.1) is 0 Å². The van der Waals surface area contributed by atoms with Crippen molar-refractivity contribution in [2.45, 2.75) is 0 Å². The fourth-order valence-corrected chi connectivity index (χ4v) is 1.93. The third kappa shape index (κ3) is 2.98. The standard InChI is InChI=1S/C15H13FS/c16-15-9-5-4-8-13(15)10-14(11-17)12-6-2-1-3-7-12/h1-10,17H,11H2. The molecular weight excluding hydrogens is 231 g/mol. The Balaban J connectivity index is 2.40. The molecule has 2 aromatic rings. The maximum absolute atomic E-state index is 13.5. The number of rotatable bonds is 3. The normalized spacial score (nSPS) is 11.5. The zero-order chi connectivity index (χ0) is 12.1. The number of hydrogen-bond acceptors (Lipinski definition) is 1. The summed E-state index contributed by atoms with van der Waals surface area (Å²) in [7, 11) is 0. The van der Waals surface area contributed by atoms with Crippen molar-refractivity contribution in [3.05, 3.63) is 71.5 Å². The summed E-state index contributed by atoms with van der Waals surface area (Å²) in [6.45, 7) is 0. The maximum atomic E-state index is 13.5.